The Morgan fingerprint density at radius 3 is 1.71 bits per heavy atom. The largest absolute Gasteiger partial charge is 0.0616 e. The van der Waals surface area contributed by atoms with Crippen LogP contribution in [-0.2, 0) is 0 Å². The molecular formula is C20H13I. The molecule has 0 heterocycles. The first-order valence-corrected chi connectivity index (χ1v) is 8.08. The van der Waals surface area contributed by atoms with Crippen LogP contribution in [-0.4, -0.2) is 0 Å². The third-order valence-corrected chi connectivity index (χ3v) is 4.86. The third kappa shape index (κ3) is 2.12. The standard InChI is InChI=1S/C20H13I/c21-19-12-6-5-11-18(19)20-16-9-3-1-7-14(16)13-15-8-2-4-10-17(15)20/h1-13H. The van der Waals surface area contributed by atoms with Gasteiger partial charge in [0.05, 0.1) is 0 Å². The molecule has 0 saturated heterocycles. The SMILES string of the molecule is Ic1ccccc1-c1c2ccccc2cc2ccccc12. The lowest BCUT2D eigenvalue weighted by atomic mass is 9.92. The van der Waals surface area contributed by atoms with E-state index in [1.54, 1.807) is 0 Å². The summed E-state index contributed by atoms with van der Waals surface area (Å²) in [5.74, 6) is 0. The highest BCUT2D eigenvalue weighted by atomic mass is 127. The molecule has 0 atom stereocenters. The monoisotopic (exact) mass is 380 g/mol. The Bertz CT molecular complexity index is 900. The van der Waals surface area contributed by atoms with Crippen molar-refractivity contribution in [1.82, 2.24) is 0 Å². The Balaban J connectivity index is 2.25. The molecule has 0 unspecified atom stereocenters. The summed E-state index contributed by atoms with van der Waals surface area (Å²) in [6, 6.07) is 28.2. The first kappa shape index (κ1) is 12.8. The van der Waals surface area contributed by atoms with Crippen molar-refractivity contribution in [3.63, 3.8) is 0 Å². The van der Waals surface area contributed by atoms with E-state index in [0.717, 1.165) is 0 Å². The Morgan fingerprint density at radius 1 is 0.571 bits per heavy atom. The van der Waals surface area contributed by atoms with E-state index in [-0.39, 0.29) is 0 Å². The number of benzene rings is 4. The molecule has 0 amide bonds. The second kappa shape index (κ2) is 5.15. The summed E-state index contributed by atoms with van der Waals surface area (Å²) >= 11 is 2.43. The summed E-state index contributed by atoms with van der Waals surface area (Å²) in [5.41, 5.74) is 2.65. The van der Waals surface area contributed by atoms with Gasteiger partial charge in [-0.2, -0.15) is 0 Å². The van der Waals surface area contributed by atoms with Crippen LogP contribution in [0.4, 0.5) is 0 Å². The van der Waals surface area contributed by atoms with E-state index in [0.29, 0.717) is 0 Å². The second-order valence-electron chi connectivity index (χ2n) is 5.17. The number of fused-ring (bicyclic) bond motifs is 2. The zero-order valence-electron chi connectivity index (χ0n) is 11.4. The molecule has 1 heteroatoms. The maximum atomic E-state index is 2.43. The molecule has 4 aromatic rings. The van der Waals surface area contributed by atoms with E-state index >= 15 is 0 Å². The highest BCUT2D eigenvalue weighted by Gasteiger charge is 2.11. The van der Waals surface area contributed by atoms with Crippen molar-refractivity contribution in [1.29, 1.82) is 0 Å². The van der Waals surface area contributed by atoms with Gasteiger partial charge < -0.3 is 0 Å². The van der Waals surface area contributed by atoms with Crippen molar-refractivity contribution < 1.29 is 0 Å². The summed E-state index contributed by atoms with van der Waals surface area (Å²) in [6.45, 7) is 0. The zero-order valence-corrected chi connectivity index (χ0v) is 13.5. The van der Waals surface area contributed by atoms with E-state index in [1.165, 1.54) is 36.2 Å². The quantitative estimate of drug-likeness (QED) is 0.270. The molecule has 0 nitrogen and oxygen atoms in total. The van der Waals surface area contributed by atoms with Gasteiger partial charge >= 0.3 is 0 Å². The average Bonchev–Trinajstić information content (AvgIpc) is 2.53. The summed E-state index contributed by atoms with van der Waals surface area (Å²) in [4.78, 5) is 0. The fraction of sp³-hybridized carbons (Fsp3) is 0. The lowest BCUT2D eigenvalue weighted by Gasteiger charge is -2.13. The summed E-state index contributed by atoms with van der Waals surface area (Å²) in [5, 5.41) is 5.23. The number of halogens is 1. The third-order valence-electron chi connectivity index (χ3n) is 3.91. The average molecular weight is 380 g/mol. The van der Waals surface area contributed by atoms with Gasteiger partial charge in [0.1, 0.15) is 0 Å². The molecule has 0 aliphatic heterocycles. The van der Waals surface area contributed by atoms with Gasteiger partial charge in [-0.05, 0) is 67.4 Å². The van der Waals surface area contributed by atoms with Crippen molar-refractivity contribution in [3.8, 4) is 11.1 Å². The summed E-state index contributed by atoms with van der Waals surface area (Å²) < 4.78 is 1.29. The van der Waals surface area contributed by atoms with Crippen LogP contribution in [0.15, 0.2) is 78.9 Å². The molecule has 0 aromatic heterocycles. The van der Waals surface area contributed by atoms with Gasteiger partial charge in [0, 0.05) is 3.57 Å². The van der Waals surface area contributed by atoms with Crippen LogP contribution >= 0.6 is 22.6 Å². The van der Waals surface area contributed by atoms with Gasteiger partial charge in [-0.25, -0.2) is 0 Å². The van der Waals surface area contributed by atoms with E-state index in [2.05, 4.69) is 101 Å². The molecule has 4 rings (SSSR count). The van der Waals surface area contributed by atoms with Crippen LogP contribution in [0, 0.1) is 3.57 Å². The van der Waals surface area contributed by atoms with Crippen LogP contribution < -0.4 is 0 Å². The van der Waals surface area contributed by atoms with Crippen molar-refractivity contribution in [2.24, 2.45) is 0 Å². The first-order valence-electron chi connectivity index (χ1n) is 7.00. The lowest BCUT2D eigenvalue weighted by Crippen LogP contribution is -1.87. The fourth-order valence-electron chi connectivity index (χ4n) is 2.97. The maximum absolute atomic E-state index is 2.43. The van der Waals surface area contributed by atoms with E-state index < -0.39 is 0 Å². The fourth-order valence-corrected chi connectivity index (χ4v) is 3.62. The van der Waals surface area contributed by atoms with Crippen molar-refractivity contribution in [2.75, 3.05) is 0 Å². The van der Waals surface area contributed by atoms with Crippen LogP contribution in [0.2, 0.25) is 0 Å². The van der Waals surface area contributed by atoms with E-state index in [1.807, 2.05) is 0 Å². The highest BCUT2D eigenvalue weighted by Crippen LogP contribution is 2.38. The minimum Gasteiger partial charge on any atom is -0.0616 e. The van der Waals surface area contributed by atoms with Crippen LogP contribution in [0.1, 0.15) is 0 Å². The Kier molecular flexibility index (Phi) is 3.15. The van der Waals surface area contributed by atoms with Gasteiger partial charge in [-0.3, -0.25) is 0 Å². The minimum atomic E-state index is 1.29. The first-order chi connectivity index (χ1) is 10.3. The molecule has 21 heavy (non-hydrogen) atoms. The second-order valence-corrected chi connectivity index (χ2v) is 6.34. The predicted molar refractivity (Wildman–Crippen MR) is 99.6 cm³/mol. The maximum Gasteiger partial charge on any atom is 0.0209 e. The van der Waals surface area contributed by atoms with Crippen LogP contribution in [0.3, 0.4) is 0 Å². The lowest BCUT2D eigenvalue weighted by molar-refractivity contribution is 1.62. The topological polar surface area (TPSA) is 0 Å². The van der Waals surface area contributed by atoms with E-state index in [9.17, 15) is 0 Å². The molecule has 4 aromatic carbocycles. The Hall–Kier alpha value is -1.87. The Morgan fingerprint density at radius 2 is 1.10 bits per heavy atom. The molecule has 0 saturated carbocycles. The predicted octanol–water partition coefficient (Wildman–Crippen LogP) is 6.26. The molecule has 0 spiro atoms. The van der Waals surface area contributed by atoms with Gasteiger partial charge in [-0.1, -0.05) is 66.7 Å². The smallest absolute Gasteiger partial charge is 0.0209 e. The van der Waals surface area contributed by atoms with Crippen molar-refractivity contribution >= 4 is 44.1 Å². The van der Waals surface area contributed by atoms with Gasteiger partial charge in [0.25, 0.3) is 0 Å². The normalized spacial score (nSPS) is 11.1. The molecule has 0 aliphatic rings. The molecule has 0 radical (unpaired) electrons. The molecule has 0 bridgehead atoms. The highest BCUT2D eigenvalue weighted by molar-refractivity contribution is 14.1. The Labute approximate surface area is 137 Å². The van der Waals surface area contributed by atoms with Gasteiger partial charge in [0.2, 0.25) is 0 Å². The molecule has 0 aliphatic carbocycles. The molecule has 0 N–H and O–H groups in total. The summed E-state index contributed by atoms with van der Waals surface area (Å²) in [7, 11) is 0. The van der Waals surface area contributed by atoms with Gasteiger partial charge in [0.15, 0.2) is 0 Å². The number of rotatable bonds is 1. The molecule has 100 valence electrons. The van der Waals surface area contributed by atoms with Crippen LogP contribution in [0.5, 0.6) is 0 Å². The minimum absolute atomic E-state index is 1.29. The van der Waals surface area contributed by atoms with Gasteiger partial charge in [-0.15, -0.1) is 0 Å². The molecular weight excluding hydrogens is 367 g/mol. The van der Waals surface area contributed by atoms with E-state index in [4.69, 9.17) is 0 Å². The number of hydrogen-bond donors (Lipinski definition) is 0. The molecule has 0 fully saturated rings. The van der Waals surface area contributed by atoms with Crippen LogP contribution in [0.25, 0.3) is 32.7 Å². The van der Waals surface area contributed by atoms with Crippen molar-refractivity contribution in [3.05, 3.63) is 82.4 Å². The van der Waals surface area contributed by atoms with Crippen molar-refractivity contribution in [2.45, 2.75) is 0 Å². The summed E-state index contributed by atoms with van der Waals surface area (Å²) in [6.07, 6.45) is 0. The number of hydrogen-bond acceptors (Lipinski definition) is 0. The zero-order chi connectivity index (χ0) is 14.2.